The third kappa shape index (κ3) is 1.76. The number of aryl methyl sites for hydroxylation is 1. The summed E-state index contributed by atoms with van der Waals surface area (Å²) in [5.41, 5.74) is 3.63. The fraction of sp³-hybridized carbons (Fsp3) is 0.143. The molecule has 0 bridgehead atoms. The highest BCUT2D eigenvalue weighted by atomic mass is 16.3. The van der Waals surface area contributed by atoms with Gasteiger partial charge in [0.2, 0.25) is 0 Å². The summed E-state index contributed by atoms with van der Waals surface area (Å²) in [5.74, 6) is 0.765. The van der Waals surface area contributed by atoms with Crippen molar-refractivity contribution in [1.82, 2.24) is 15.0 Å². The summed E-state index contributed by atoms with van der Waals surface area (Å²) in [4.78, 5) is 11.9. The van der Waals surface area contributed by atoms with E-state index in [-0.39, 0.29) is 6.61 Å². The van der Waals surface area contributed by atoms with E-state index in [0.717, 1.165) is 28.0 Å². The topological polar surface area (TPSA) is 61.8 Å². The van der Waals surface area contributed by atoms with Crippen LogP contribution in [-0.4, -0.2) is 20.1 Å². The van der Waals surface area contributed by atoms with Crippen LogP contribution in [-0.2, 0) is 6.61 Å². The Morgan fingerprint density at radius 2 is 2.11 bits per heavy atom. The number of nitrogens with zero attached hydrogens (tertiary/aromatic N) is 2. The lowest BCUT2D eigenvalue weighted by Crippen LogP contribution is -1.90. The molecule has 0 aliphatic rings. The monoisotopic (exact) mass is 239 g/mol. The molecule has 4 nitrogen and oxygen atoms in total. The molecule has 18 heavy (non-hydrogen) atoms. The maximum Gasteiger partial charge on any atom is 0.138 e. The van der Waals surface area contributed by atoms with Crippen LogP contribution in [0, 0.1) is 6.92 Å². The van der Waals surface area contributed by atoms with Gasteiger partial charge < -0.3 is 10.1 Å². The Balaban J connectivity index is 2.27. The molecule has 2 N–H and O–H groups in total. The van der Waals surface area contributed by atoms with E-state index in [4.69, 9.17) is 5.11 Å². The molecule has 0 fully saturated rings. The summed E-state index contributed by atoms with van der Waals surface area (Å²) in [5, 5.41) is 10.1. The first-order chi connectivity index (χ1) is 8.78. The largest absolute Gasteiger partial charge is 0.390 e. The van der Waals surface area contributed by atoms with Crippen LogP contribution in [0.2, 0.25) is 0 Å². The van der Waals surface area contributed by atoms with Crippen LogP contribution >= 0.6 is 0 Å². The van der Waals surface area contributed by atoms with Gasteiger partial charge >= 0.3 is 0 Å². The molecular formula is C14H13N3O. The van der Waals surface area contributed by atoms with Crippen LogP contribution in [0.15, 0.2) is 36.5 Å². The number of aliphatic hydroxyl groups excluding tert-OH is 1. The van der Waals surface area contributed by atoms with Crippen molar-refractivity contribution in [2.24, 2.45) is 0 Å². The molecule has 1 aromatic carbocycles. The normalized spacial score (nSPS) is 11.0. The fourth-order valence-electron chi connectivity index (χ4n) is 2.08. The number of benzene rings is 1. The predicted molar refractivity (Wildman–Crippen MR) is 70.0 cm³/mol. The highest BCUT2D eigenvalue weighted by Gasteiger charge is 2.09. The number of aliphatic hydroxyl groups is 1. The standard InChI is InChI=1S/C14H13N3O/c1-9-6-12(14-15-7-10(8-18)17-14)11-4-2-3-5-13(11)16-9/h2-7,18H,8H2,1H3,(H,15,17). The van der Waals surface area contributed by atoms with Gasteiger partial charge in [-0.2, -0.15) is 0 Å². The maximum absolute atomic E-state index is 9.08. The van der Waals surface area contributed by atoms with Gasteiger partial charge in [0, 0.05) is 16.6 Å². The smallest absolute Gasteiger partial charge is 0.138 e. The molecule has 0 amide bonds. The molecule has 0 atom stereocenters. The van der Waals surface area contributed by atoms with E-state index in [1.54, 1.807) is 6.20 Å². The van der Waals surface area contributed by atoms with Crippen LogP contribution in [0.1, 0.15) is 11.4 Å². The van der Waals surface area contributed by atoms with E-state index in [2.05, 4.69) is 15.0 Å². The minimum absolute atomic E-state index is 0.0327. The molecule has 2 aromatic heterocycles. The van der Waals surface area contributed by atoms with Crippen molar-refractivity contribution < 1.29 is 5.11 Å². The van der Waals surface area contributed by atoms with E-state index in [9.17, 15) is 0 Å². The first kappa shape index (κ1) is 10.9. The lowest BCUT2D eigenvalue weighted by molar-refractivity contribution is 0.277. The zero-order chi connectivity index (χ0) is 12.5. The number of aromatic nitrogens is 3. The Bertz CT molecular complexity index is 703. The minimum Gasteiger partial charge on any atom is -0.390 e. The Kier molecular flexibility index (Phi) is 2.57. The Labute approximate surface area is 104 Å². The third-order valence-corrected chi connectivity index (χ3v) is 2.90. The number of nitrogens with one attached hydrogen (secondary N) is 1. The molecule has 0 radical (unpaired) electrons. The number of imidazole rings is 1. The van der Waals surface area contributed by atoms with Gasteiger partial charge in [-0.3, -0.25) is 4.98 Å². The van der Waals surface area contributed by atoms with Gasteiger partial charge in [0.25, 0.3) is 0 Å². The number of fused-ring (bicyclic) bond motifs is 1. The molecule has 0 aliphatic heterocycles. The molecular weight excluding hydrogens is 226 g/mol. The predicted octanol–water partition coefficient (Wildman–Crippen LogP) is 2.43. The lowest BCUT2D eigenvalue weighted by Gasteiger charge is -2.05. The molecule has 4 heteroatoms. The van der Waals surface area contributed by atoms with Crippen molar-refractivity contribution in [3.63, 3.8) is 0 Å². The average molecular weight is 239 g/mol. The van der Waals surface area contributed by atoms with E-state index >= 15 is 0 Å². The summed E-state index contributed by atoms with van der Waals surface area (Å²) < 4.78 is 0. The molecule has 0 spiro atoms. The van der Waals surface area contributed by atoms with Crippen molar-refractivity contribution in [1.29, 1.82) is 0 Å². The van der Waals surface area contributed by atoms with Crippen LogP contribution in [0.3, 0.4) is 0 Å². The fourth-order valence-corrected chi connectivity index (χ4v) is 2.08. The first-order valence-corrected chi connectivity index (χ1v) is 5.79. The van der Waals surface area contributed by atoms with Crippen molar-refractivity contribution in [2.45, 2.75) is 13.5 Å². The van der Waals surface area contributed by atoms with Crippen LogP contribution in [0.25, 0.3) is 22.3 Å². The SMILES string of the molecule is Cc1cc(-c2ncc(CO)[nH]2)c2ccccc2n1. The minimum atomic E-state index is -0.0327. The third-order valence-electron chi connectivity index (χ3n) is 2.90. The Morgan fingerprint density at radius 3 is 2.89 bits per heavy atom. The van der Waals surface area contributed by atoms with E-state index < -0.39 is 0 Å². The zero-order valence-electron chi connectivity index (χ0n) is 10.0. The summed E-state index contributed by atoms with van der Waals surface area (Å²) in [7, 11) is 0. The number of aromatic amines is 1. The van der Waals surface area contributed by atoms with E-state index in [1.807, 2.05) is 37.3 Å². The summed E-state index contributed by atoms with van der Waals surface area (Å²) in [6.45, 7) is 1.93. The summed E-state index contributed by atoms with van der Waals surface area (Å²) >= 11 is 0. The second-order valence-corrected chi connectivity index (χ2v) is 4.24. The van der Waals surface area contributed by atoms with E-state index in [0.29, 0.717) is 5.69 Å². The van der Waals surface area contributed by atoms with Crippen LogP contribution in [0.5, 0.6) is 0 Å². The quantitative estimate of drug-likeness (QED) is 0.722. The number of rotatable bonds is 2. The van der Waals surface area contributed by atoms with Crippen LogP contribution < -0.4 is 0 Å². The first-order valence-electron chi connectivity index (χ1n) is 5.79. The van der Waals surface area contributed by atoms with Crippen molar-refractivity contribution in [3.05, 3.63) is 47.9 Å². The van der Waals surface area contributed by atoms with Crippen molar-refractivity contribution >= 4 is 10.9 Å². The average Bonchev–Trinajstić information content (AvgIpc) is 2.86. The van der Waals surface area contributed by atoms with Gasteiger partial charge in [0.05, 0.1) is 24.0 Å². The summed E-state index contributed by atoms with van der Waals surface area (Å²) in [6, 6.07) is 9.97. The van der Waals surface area contributed by atoms with Gasteiger partial charge in [-0.05, 0) is 19.1 Å². The molecule has 90 valence electrons. The molecule has 2 heterocycles. The number of H-pyrrole nitrogens is 1. The molecule has 0 unspecified atom stereocenters. The van der Waals surface area contributed by atoms with Crippen LogP contribution in [0.4, 0.5) is 0 Å². The molecule has 3 aromatic rings. The highest BCUT2D eigenvalue weighted by Crippen LogP contribution is 2.26. The van der Waals surface area contributed by atoms with E-state index in [1.165, 1.54) is 0 Å². The van der Waals surface area contributed by atoms with Gasteiger partial charge in [0.1, 0.15) is 5.82 Å². The number of hydrogen-bond acceptors (Lipinski definition) is 3. The maximum atomic E-state index is 9.08. The van der Waals surface area contributed by atoms with Gasteiger partial charge in [-0.25, -0.2) is 4.98 Å². The number of para-hydroxylation sites is 1. The molecule has 0 aliphatic carbocycles. The van der Waals surface area contributed by atoms with Crippen molar-refractivity contribution in [3.8, 4) is 11.4 Å². The lowest BCUT2D eigenvalue weighted by atomic mass is 10.1. The van der Waals surface area contributed by atoms with Gasteiger partial charge in [0.15, 0.2) is 0 Å². The number of hydrogen-bond donors (Lipinski definition) is 2. The van der Waals surface area contributed by atoms with Gasteiger partial charge in [-0.1, -0.05) is 18.2 Å². The van der Waals surface area contributed by atoms with Gasteiger partial charge in [-0.15, -0.1) is 0 Å². The second-order valence-electron chi connectivity index (χ2n) is 4.24. The zero-order valence-corrected chi connectivity index (χ0v) is 10.0. The van der Waals surface area contributed by atoms with Crippen molar-refractivity contribution in [2.75, 3.05) is 0 Å². The molecule has 3 rings (SSSR count). The Morgan fingerprint density at radius 1 is 1.28 bits per heavy atom. The highest BCUT2D eigenvalue weighted by molar-refractivity contribution is 5.92. The number of pyridine rings is 1. The summed E-state index contributed by atoms with van der Waals surface area (Å²) in [6.07, 6.45) is 1.65. The Hall–Kier alpha value is -2.20. The molecule has 0 saturated heterocycles. The second kappa shape index (κ2) is 4.23. The molecule has 0 saturated carbocycles.